The number of aliphatic hydroxyl groups is 1. The van der Waals surface area contributed by atoms with Crippen LogP contribution in [0, 0.1) is 5.41 Å². The van der Waals surface area contributed by atoms with Crippen molar-refractivity contribution in [2.75, 3.05) is 6.61 Å². The molecule has 0 saturated carbocycles. The predicted molar refractivity (Wildman–Crippen MR) is 82.9 cm³/mol. The van der Waals surface area contributed by atoms with Gasteiger partial charge in [0.15, 0.2) is 0 Å². The van der Waals surface area contributed by atoms with Crippen LogP contribution in [0.25, 0.3) is 10.9 Å². The van der Waals surface area contributed by atoms with E-state index in [-0.39, 0.29) is 18.6 Å². The highest BCUT2D eigenvalue weighted by atomic mass is 16.3. The summed E-state index contributed by atoms with van der Waals surface area (Å²) in [6.07, 6.45) is 0.706. The van der Waals surface area contributed by atoms with E-state index >= 15 is 0 Å². The Morgan fingerprint density at radius 1 is 1.38 bits per heavy atom. The second-order valence-electron chi connectivity index (χ2n) is 6.85. The quantitative estimate of drug-likeness (QED) is 0.846. The number of amides is 1. The van der Waals surface area contributed by atoms with Crippen molar-refractivity contribution in [2.45, 2.75) is 39.8 Å². The van der Waals surface area contributed by atoms with E-state index in [1.54, 1.807) is 0 Å². The number of nitrogens with one attached hydrogen (secondary N) is 1. The van der Waals surface area contributed by atoms with Gasteiger partial charge in [0.2, 0.25) is 5.91 Å². The van der Waals surface area contributed by atoms with Crippen LogP contribution in [0.4, 0.5) is 0 Å². The number of aliphatic hydroxyl groups excluding tert-OH is 1. The molecule has 112 valence electrons. The molecule has 21 heavy (non-hydrogen) atoms. The van der Waals surface area contributed by atoms with Gasteiger partial charge >= 0.3 is 0 Å². The minimum atomic E-state index is -0.434. The molecule has 2 aromatic rings. The summed E-state index contributed by atoms with van der Waals surface area (Å²) in [5.41, 5.74) is 3.00. The molecule has 1 unspecified atom stereocenters. The molecule has 0 saturated heterocycles. The number of fused-ring (bicyclic) bond motifs is 3. The Hall–Kier alpha value is -1.81. The van der Waals surface area contributed by atoms with Gasteiger partial charge in [-0.25, -0.2) is 0 Å². The van der Waals surface area contributed by atoms with Crippen molar-refractivity contribution >= 4 is 16.8 Å². The number of para-hydroxylation sites is 1. The number of H-pyrrole nitrogens is 1. The predicted octanol–water partition coefficient (Wildman–Crippen LogP) is 2.46. The first kappa shape index (κ1) is 14.1. The number of hydrogen-bond acceptors (Lipinski definition) is 2. The van der Waals surface area contributed by atoms with Gasteiger partial charge in [0.05, 0.1) is 19.2 Å². The minimum Gasteiger partial charge on any atom is -0.394 e. The fraction of sp³-hybridized carbons (Fsp3) is 0.471. The van der Waals surface area contributed by atoms with Crippen LogP contribution in [-0.4, -0.2) is 33.5 Å². The molecule has 0 fully saturated rings. The molecule has 1 aromatic heterocycles. The minimum absolute atomic E-state index is 0.000761. The third-order valence-electron chi connectivity index (χ3n) is 4.22. The maximum atomic E-state index is 12.6. The van der Waals surface area contributed by atoms with Crippen molar-refractivity contribution in [3.8, 4) is 0 Å². The Morgan fingerprint density at radius 2 is 2.10 bits per heavy atom. The average Bonchev–Trinajstić information content (AvgIpc) is 2.81. The number of rotatable bonds is 1. The molecule has 1 aromatic carbocycles. The summed E-state index contributed by atoms with van der Waals surface area (Å²) in [7, 11) is 0. The lowest BCUT2D eigenvalue weighted by atomic mass is 9.90. The Balaban J connectivity index is 2.02. The normalized spacial score (nSPS) is 18.9. The fourth-order valence-electron chi connectivity index (χ4n) is 3.10. The van der Waals surface area contributed by atoms with Crippen LogP contribution in [-0.2, 0) is 17.8 Å². The summed E-state index contributed by atoms with van der Waals surface area (Å²) >= 11 is 0. The molecular formula is C17H22N2O2. The number of carbonyl (C=O) groups excluding carboxylic acids is 1. The van der Waals surface area contributed by atoms with E-state index in [2.05, 4.69) is 17.1 Å². The first-order valence-corrected chi connectivity index (χ1v) is 7.42. The van der Waals surface area contributed by atoms with Gasteiger partial charge in [0, 0.05) is 22.0 Å². The number of aromatic amines is 1. The van der Waals surface area contributed by atoms with Crippen molar-refractivity contribution in [2.24, 2.45) is 5.41 Å². The average molecular weight is 286 g/mol. The van der Waals surface area contributed by atoms with Gasteiger partial charge in [-0.2, -0.15) is 0 Å². The second kappa shape index (κ2) is 4.88. The highest BCUT2D eigenvalue weighted by Crippen LogP contribution is 2.32. The van der Waals surface area contributed by atoms with Gasteiger partial charge in [-0.1, -0.05) is 39.0 Å². The molecule has 0 spiro atoms. The summed E-state index contributed by atoms with van der Waals surface area (Å²) in [4.78, 5) is 17.9. The summed E-state index contributed by atoms with van der Waals surface area (Å²) in [5.74, 6) is 0.0888. The van der Waals surface area contributed by atoms with Gasteiger partial charge in [-0.15, -0.1) is 0 Å². The maximum absolute atomic E-state index is 12.6. The van der Waals surface area contributed by atoms with Crippen molar-refractivity contribution in [3.63, 3.8) is 0 Å². The molecular weight excluding hydrogens is 264 g/mol. The zero-order chi connectivity index (χ0) is 15.2. The van der Waals surface area contributed by atoms with E-state index in [4.69, 9.17) is 0 Å². The third kappa shape index (κ3) is 2.33. The lowest BCUT2D eigenvalue weighted by Crippen LogP contribution is -2.50. The topological polar surface area (TPSA) is 56.3 Å². The van der Waals surface area contributed by atoms with Gasteiger partial charge in [0.25, 0.3) is 0 Å². The van der Waals surface area contributed by atoms with Crippen LogP contribution in [0.15, 0.2) is 24.3 Å². The van der Waals surface area contributed by atoms with Gasteiger partial charge in [0.1, 0.15) is 0 Å². The summed E-state index contributed by atoms with van der Waals surface area (Å²) in [6.45, 7) is 6.31. The summed E-state index contributed by atoms with van der Waals surface area (Å²) < 4.78 is 0. The van der Waals surface area contributed by atoms with E-state index < -0.39 is 5.41 Å². The van der Waals surface area contributed by atoms with Crippen LogP contribution in [0.1, 0.15) is 32.0 Å². The smallest absolute Gasteiger partial charge is 0.228 e. The molecule has 1 amide bonds. The molecule has 3 rings (SSSR count). The summed E-state index contributed by atoms with van der Waals surface area (Å²) in [6, 6.07) is 8.05. The van der Waals surface area contributed by atoms with Crippen LogP contribution in [0.5, 0.6) is 0 Å². The number of nitrogens with zero attached hydrogens (tertiary/aromatic N) is 1. The Morgan fingerprint density at radius 3 is 2.76 bits per heavy atom. The number of hydrogen-bond donors (Lipinski definition) is 2. The van der Waals surface area contributed by atoms with Gasteiger partial charge in [-0.3, -0.25) is 4.79 Å². The largest absolute Gasteiger partial charge is 0.394 e. The van der Waals surface area contributed by atoms with E-state index in [0.29, 0.717) is 13.0 Å². The molecule has 0 aliphatic carbocycles. The molecule has 4 nitrogen and oxygen atoms in total. The number of benzene rings is 1. The van der Waals surface area contributed by atoms with Gasteiger partial charge in [-0.05, 0) is 18.1 Å². The second-order valence-corrected chi connectivity index (χ2v) is 6.85. The molecule has 2 heterocycles. The lowest BCUT2D eigenvalue weighted by molar-refractivity contribution is -0.144. The zero-order valence-electron chi connectivity index (χ0n) is 12.8. The van der Waals surface area contributed by atoms with Crippen molar-refractivity contribution < 1.29 is 9.90 Å². The molecule has 4 heteroatoms. The lowest BCUT2D eigenvalue weighted by Gasteiger charge is -2.38. The highest BCUT2D eigenvalue weighted by Gasteiger charge is 2.36. The molecule has 1 aliphatic rings. The van der Waals surface area contributed by atoms with E-state index in [1.807, 2.05) is 37.8 Å². The van der Waals surface area contributed by atoms with Crippen LogP contribution < -0.4 is 0 Å². The van der Waals surface area contributed by atoms with Crippen LogP contribution in [0.2, 0.25) is 0 Å². The zero-order valence-corrected chi connectivity index (χ0v) is 12.8. The molecule has 1 aliphatic heterocycles. The maximum Gasteiger partial charge on any atom is 0.228 e. The van der Waals surface area contributed by atoms with Crippen molar-refractivity contribution in [3.05, 3.63) is 35.5 Å². The fourth-order valence-corrected chi connectivity index (χ4v) is 3.10. The van der Waals surface area contributed by atoms with Gasteiger partial charge < -0.3 is 15.0 Å². The Kier molecular flexibility index (Phi) is 3.29. The molecule has 0 radical (unpaired) electrons. The molecule has 1 atom stereocenters. The van der Waals surface area contributed by atoms with Crippen molar-refractivity contribution in [1.82, 2.24) is 9.88 Å². The Labute approximate surface area is 124 Å². The van der Waals surface area contributed by atoms with E-state index in [0.717, 1.165) is 11.2 Å². The van der Waals surface area contributed by atoms with E-state index in [1.165, 1.54) is 10.9 Å². The molecule has 0 bridgehead atoms. The van der Waals surface area contributed by atoms with Crippen LogP contribution >= 0.6 is 0 Å². The third-order valence-corrected chi connectivity index (χ3v) is 4.22. The monoisotopic (exact) mass is 286 g/mol. The Bertz CT molecular complexity index is 682. The standard InChI is InChI=1S/C17H22N2O2/c1-17(2,3)16(21)19-9-15-13(8-11(19)10-20)12-6-4-5-7-14(12)18-15/h4-7,11,18,20H,8-10H2,1-3H3. The summed E-state index contributed by atoms with van der Waals surface area (Å²) in [5, 5.41) is 10.9. The number of carbonyl (C=O) groups is 1. The van der Waals surface area contributed by atoms with Crippen molar-refractivity contribution in [1.29, 1.82) is 0 Å². The SMILES string of the molecule is CC(C)(C)C(=O)N1Cc2[nH]c3ccccc3c2CC1CO. The highest BCUT2D eigenvalue weighted by molar-refractivity contribution is 5.86. The van der Waals surface area contributed by atoms with E-state index in [9.17, 15) is 9.90 Å². The number of aromatic nitrogens is 1. The van der Waals surface area contributed by atoms with Crippen LogP contribution in [0.3, 0.4) is 0 Å². The first-order chi connectivity index (χ1) is 9.91. The first-order valence-electron chi connectivity index (χ1n) is 7.42. The molecule has 2 N–H and O–H groups in total.